The van der Waals surface area contributed by atoms with E-state index >= 15 is 0 Å². The van der Waals surface area contributed by atoms with Crippen LogP contribution in [0.25, 0.3) is 0 Å². The number of thiol groups is 1. The van der Waals surface area contributed by atoms with Crippen molar-refractivity contribution in [2.24, 2.45) is 11.5 Å². The third-order valence-corrected chi connectivity index (χ3v) is 15.6. The number of nitrogens with one attached hydrogen (secondary N) is 3. The van der Waals surface area contributed by atoms with Crippen LogP contribution in [0.2, 0.25) is 18.1 Å². The highest BCUT2D eigenvalue weighted by atomic mass is 35.5. The van der Waals surface area contributed by atoms with Crippen molar-refractivity contribution in [3.8, 4) is 0 Å². The van der Waals surface area contributed by atoms with Gasteiger partial charge in [0.2, 0.25) is 17.1 Å². The predicted molar refractivity (Wildman–Crippen MR) is 266 cm³/mol. The molecule has 392 valence electrons. The van der Waals surface area contributed by atoms with E-state index in [1.54, 1.807) is 56.9 Å². The molecule has 0 saturated heterocycles. The molecule has 0 aromatic carbocycles. The molecule has 22 nitrogen and oxygen atoms in total. The summed E-state index contributed by atoms with van der Waals surface area (Å²) in [5.41, 5.74) is 10.7. The summed E-state index contributed by atoms with van der Waals surface area (Å²) in [5.74, 6) is -0.591. The third-order valence-electron chi connectivity index (χ3n) is 6.61. The SMILES string of the molecule is C.C.C=CC(=O)Cl.C=CC(=O)NCCC[Si](OC)(OC)OC.C=CC(=O)ONS.CCNC(=O)CC.CO.CO.CO.CO[Si](CCCN)(OC)OC.CO[Si](CO)(CCCN)OC. The van der Waals surface area contributed by atoms with Crippen molar-refractivity contribution in [3.05, 3.63) is 38.0 Å². The van der Waals surface area contributed by atoms with E-state index in [0.717, 1.165) is 71.4 Å². The molecular weight excluding hydrogens is 938 g/mol. The summed E-state index contributed by atoms with van der Waals surface area (Å²) in [7, 11) is 8.62. The normalized spacial score (nSPS) is 9.27. The minimum atomic E-state index is -2.48. The Morgan fingerprint density at radius 3 is 1.20 bits per heavy atom. The van der Waals surface area contributed by atoms with Crippen molar-refractivity contribution in [2.75, 3.05) is 111 Å². The zero-order chi connectivity index (χ0) is 50.9. The van der Waals surface area contributed by atoms with Crippen molar-refractivity contribution in [3.63, 3.8) is 0 Å². The molecule has 0 aliphatic carbocycles. The van der Waals surface area contributed by atoms with Crippen LogP contribution in [0.1, 0.15) is 54.4 Å². The Morgan fingerprint density at radius 1 is 0.641 bits per heavy atom. The van der Waals surface area contributed by atoms with Gasteiger partial charge in [0.1, 0.15) is 0 Å². The lowest BCUT2D eigenvalue weighted by atomic mass is 10.4. The number of hydrogen-bond donors (Lipinski definition) is 10. The Balaban J connectivity index is -0.0000000583. The lowest BCUT2D eigenvalue weighted by Gasteiger charge is -2.24. The molecule has 0 heterocycles. The van der Waals surface area contributed by atoms with E-state index in [1.807, 2.05) is 18.7 Å². The van der Waals surface area contributed by atoms with Gasteiger partial charge >= 0.3 is 32.1 Å². The molecule has 0 atom stereocenters. The minimum Gasteiger partial charge on any atom is -0.400 e. The van der Waals surface area contributed by atoms with Crippen molar-refractivity contribution in [2.45, 2.75) is 72.5 Å². The fourth-order valence-corrected chi connectivity index (χ4v) is 8.59. The van der Waals surface area contributed by atoms with E-state index in [2.05, 4.69) is 48.0 Å². The number of halogens is 1. The van der Waals surface area contributed by atoms with Crippen LogP contribution in [0.3, 0.4) is 0 Å². The van der Waals surface area contributed by atoms with Crippen molar-refractivity contribution in [1.82, 2.24) is 15.5 Å². The Bertz CT molecular complexity index is 951. The first-order valence-corrected chi connectivity index (χ1v) is 25.4. The maximum absolute atomic E-state index is 10.8. The van der Waals surface area contributed by atoms with Gasteiger partial charge in [-0.3, -0.25) is 14.4 Å². The second-order valence-corrected chi connectivity index (χ2v) is 20.2. The van der Waals surface area contributed by atoms with Crippen LogP contribution in [-0.2, 0) is 59.4 Å². The van der Waals surface area contributed by atoms with Gasteiger partial charge in [-0.05, 0) is 69.1 Å². The molecule has 0 aromatic rings. The lowest BCUT2D eigenvalue weighted by Crippen LogP contribution is -2.44. The van der Waals surface area contributed by atoms with Gasteiger partial charge in [0.15, 0.2) is 0 Å². The first kappa shape index (κ1) is 88.7. The van der Waals surface area contributed by atoms with Gasteiger partial charge in [-0.25, -0.2) is 4.79 Å². The second-order valence-electron chi connectivity index (χ2n) is 9.98. The summed E-state index contributed by atoms with van der Waals surface area (Å²) < 4.78 is 41.5. The highest BCUT2D eigenvalue weighted by Gasteiger charge is 2.37. The Hall–Kier alpha value is -2.01. The molecule has 0 unspecified atom stereocenters. The van der Waals surface area contributed by atoms with Crippen molar-refractivity contribution in [1.29, 1.82) is 0 Å². The third kappa shape index (κ3) is 64.3. The number of nitrogens with two attached hydrogens (primary N) is 2. The summed E-state index contributed by atoms with van der Waals surface area (Å²) in [6.07, 6.45) is 6.38. The molecule has 0 saturated carbocycles. The quantitative estimate of drug-likeness (QED) is 0.0156. The van der Waals surface area contributed by atoms with Crippen LogP contribution in [-0.4, -0.2) is 180 Å². The first-order valence-electron chi connectivity index (χ1n) is 18.5. The number of carbonyl (C=O) groups excluding carboxylic acids is 4. The van der Waals surface area contributed by atoms with E-state index in [9.17, 15) is 19.2 Å². The number of allylic oxidation sites excluding steroid dienone is 1. The van der Waals surface area contributed by atoms with Gasteiger partial charge < -0.3 is 82.8 Å². The van der Waals surface area contributed by atoms with Crippen LogP contribution in [0.4, 0.5) is 0 Å². The largest absolute Gasteiger partial charge is 0.500 e. The summed E-state index contributed by atoms with van der Waals surface area (Å²) in [4.78, 5) is 46.5. The predicted octanol–water partition coefficient (Wildman–Crippen LogP) is 2.00. The minimum absolute atomic E-state index is 0. The van der Waals surface area contributed by atoms with Crippen molar-refractivity contribution < 1.29 is 79.8 Å². The van der Waals surface area contributed by atoms with Gasteiger partial charge in [-0.1, -0.05) is 59.2 Å². The molecule has 0 radical (unpaired) electrons. The number of carbonyl (C=O) groups is 4. The lowest BCUT2D eigenvalue weighted by molar-refractivity contribution is -0.140. The van der Waals surface area contributed by atoms with Gasteiger partial charge in [0.25, 0.3) is 0 Å². The Morgan fingerprint density at radius 2 is 1.00 bits per heavy atom. The number of rotatable bonds is 25. The van der Waals surface area contributed by atoms with Crippen LogP contribution >= 0.6 is 24.4 Å². The van der Waals surface area contributed by atoms with Crippen molar-refractivity contribution >= 4 is 73.6 Å². The highest BCUT2D eigenvalue weighted by molar-refractivity contribution is 7.77. The average molecular weight is 1030 g/mol. The Labute approximate surface area is 400 Å². The van der Waals surface area contributed by atoms with Gasteiger partial charge in [-0.2, -0.15) is 0 Å². The second kappa shape index (κ2) is 72.6. The fraction of sp³-hybridized carbons (Fsp3) is 0.730. The van der Waals surface area contributed by atoms with E-state index < -0.39 is 37.4 Å². The van der Waals surface area contributed by atoms with E-state index in [4.69, 9.17) is 78.9 Å². The molecule has 0 fully saturated rings. The van der Waals surface area contributed by atoms with E-state index in [0.29, 0.717) is 32.1 Å². The fourth-order valence-electron chi connectivity index (χ4n) is 3.30. The molecule has 0 aliphatic heterocycles. The zero-order valence-corrected chi connectivity index (χ0v) is 44.1. The maximum atomic E-state index is 10.8. The van der Waals surface area contributed by atoms with E-state index in [1.165, 1.54) is 6.08 Å². The highest BCUT2D eigenvalue weighted by Crippen LogP contribution is 2.15. The summed E-state index contributed by atoms with van der Waals surface area (Å²) in [6, 6.07) is 2.22. The molecule has 64 heavy (non-hydrogen) atoms. The van der Waals surface area contributed by atoms with Gasteiger partial charge in [-0.15, -0.1) is 0 Å². The number of amides is 2. The molecule has 0 aliphatic rings. The number of aliphatic hydroxyl groups excluding tert-OH is 4. The van der Waals surface area contributed by atoms with Crippen LogP contribution < -0.4 is 27.0 Å². The Kier molecular flexibility index (Phi) is 101. The molecule has 0 spiro atoms. The smallest absolute Gasteiger partial charge is 0.400 e. The molecule has 11 N–H and O–H groups in total. The van der Waals surface area contributed by atoms with Crippen LogP contribution in [0.5, 0.6) is 0 Å². The standard InChI is InChI=1S/C9H19NO4Si.2C6H17NO3Si.C5H11NO.C3H3ClO.C3H5NO2S.3CH4O.2CH4/c1-5-9(11)10-7-6-8-15(12-2,13-3)14-4;1-8-11(9-2,10-3)6-4-5-7;1-9-11(6-8,10-2)5-3-4-7;1-3-5(7)6-4-2;1-2-3(4)5;1-2-3(5)6-4-7;3*1-2;;/h5H,1,6-8H2,2-4H3,(H,10,11);4-7H2,1-3H3;8H,3-7H2,1-2H3;3-4H2,1-2H3,(H,6,7);2H,1H2;2,4,7H,1H2;3*2H,1H3;2*1H4. The number of hydrogen-bond acceptors (Lipinski definition) is 21. The zero-order valence-electron chi connectivity index (χ0n) is 39.4. The van der Waals surface area contributed by atoms with E-state index in [-0.39, 0.29) is 32.9 Å². The molecular formula is C37H92ClN5O17SSi3. The van der Waals surface area contributed by atoms with Crippen LogP contribution in [0.15, 0.2) is 38.0 Å². The maximum Gasteiger partial charge on any atom is 0.500 e. The summed E-state index contributed by atoms with van der Waals surface area (Å²) in [5, 5.41) is 34.8. The molecule has 2 amide bonds. The molecule has 0 bridgehead atoms. The molecule has 0 aromatic heterocycles. The van der Waals surface area contributed by atoms with Gasteiger partial charge in [0.05, 0.1) is 6.23 Å². The van der Waals surface area contributed by atoms with Crippen LogP contribution in [0, 0.1) is 0 Å². The molecule has 0 rings (SSSR count). The summed E-state index contributed by atoms with van der Waals surface area (Å²) >= 11 is 8.08. The number of aliphatic hydroxyl groups is 4. The molecule has 27 heteroatoms. The summed E-state index contributed by atoms with van der Waals surface area (Å²) in [6.45, 7) is 15.9. The van der Waals surface area contributed by atoms with Gasteiger partial charge in [0, 0.05) is 116 Å². The first-order chi connectivity index (χ1) is 29.5. The topological polar surface area (TPSA) is 320 Å². The monoisotopic (exact) mass is 1030 g/mol. The average Bonchev–Trinajstić information content (AvgIpc) is 3.33.